The van der Waals surface area contributed by atoms with Crippen LogP contribution in [0.1, 0.15) is 38.6 Å². The number of rotatable bonds is 8. The molecule has 0 saturated heterocycles. The number of aromatic nitrogens is 4. The molecule has 25 heavy (non-hydrogen) atoms. The lowest BCUT2D eigenvalue weighted by Gasteiger charge is -2.12. The van der Waals surface area contributed by atoms with Gasteiger partial charge in [-0.15, -0.1) is 0 Å². The summed E-state index contributed by atoms with van der Waals surface area (Å²) in [7, 11) is 1.59. The number of nitrogens with zero attached hydrogens (tertiary/aromatic N) is 4. The minimum absolute atomic E-state index is 0.131. The van der Waals surface area contributed by atoms with Gasteiger partial charge in [0, 0.05) is 20.0 Å². The number of hydrogen-bond acceptors (Lipinski definition) is 6. The molecule has 0 unspecified atom stereocenters. The predicted molar refractivity (Wildman–Crippen MR) is 94.3 cm³/mol. The second-order valence-electron chi connectivity index (χ2n) is 5.57. The Balaban J connectivity index is 2.50. The van der Waals surface area contributed by atoms with Crippen LogP contribution < -0.4 is 11.2 Å². The van der Waals surface area contributed by atoms with Gasteiger partial charge in [-0.1, -0.05) is 20.4 Å². The summed E-state index contributed by atoms with van der Waals surface area (Å²) >= 11 is 0. The van der Waals surface area contributed by atoms with Crippen LogP contribution in [0.3, 0.4) is 0 Å². The Kier molecular flexibility index (Phi) is 6.08. The van der Waals surface area contributed by atoms with Crippen LogP contribution in [0.15, 0.2) is 21.9 Å². The Morgan fingerprint density at radius 1 is 1.12 bits per heavy atom. The van der Waals surface area contributed by atoms with E-state index in [0.717, 1.165) is 16.0 Å². The highest BCUT2D eigenvalue weighted by Gasteiger charge is 2.16. The first-order chi connectivity index (χ1) is 11.9. The Morgan fingerprint density at radius 3 is 2.36 bits per heavy atom. The van der Waals surface area contributed by atoms with Crippen LogP contribution in [0.5, 0.6) is 0 Å². The molecular weight excluding hydrogens is 324 g/mol. The molecule has 0 amide bonds. The molecule has 2 aromatic heterocycles. The fraction of sp³-hybridized carbons (Fsp3) is 0.529. The monoisotopic (exact) mass is 348 g/mol. The summed E-state index contributed by atoms with van der Waals surface area (Å²) in [4.78, 5) is 44.0. The van der Waals surface area contributed by atoms with Gasteiger partial charge in [0.2, 0.25) is 0 Å². The van der Waals surface area contributed by atoms with Crippen molar-refractivity contribution in [3.05, 3.63) is 44.6 Å². The van der Waals surface area contributed by atoms with Crippen molar-refractivity contribution in [3.8, 4) is 0 Å². The molecular formula is C17H24N4O4. The highest BCUT2D eigenvalue weighted by molar-refractivity contribution is 5.69. The zero-order valence-corrected chi connectivity index (χ0v) is 15.2. The van der Waals surface area contributed by atoms with Gasteiger partial charge in [-0.2, -0.15) is 4.89 Å². The fourth-order valence-electron chi connectivity index (χ4n) is 2.54. The Hall–Kier alpha value is -2.48. The highest BCUT2D eigenvalue weighted by atomic mass is 17.2. The summed E-state index contributed by atoms with van der Waals surface area (Å²) in [6.07, 6.45) is 1.65. The average Bonchev–Trinajstić information content (AvgIpc) is 2.63. The van der Waals surface area contributed by atoms with Gasteiger partial charge < -0.3 is 4.89 Å². The van der Waals surface area contributed by atoms with Gasteiger partial charge in [0.1, 0.15) is 5.76 Å². The largest absolute Gasteiger partial charge is 0.343 e. The molecule has 2 rings (SSSR count). The number of fused-ring (bicyclic) bond motifs is 1. The molecule has 8 heteroatoms. The van der Waals surface area contributed by atoms with Crippen molar-refractivity contribution in [1.29, 1.82) is 0 Å². The molecule has 0 aliphatic rings. The lowest BCUT2D eigenvalue weighted by molar-refractivity contribution is -0.259. The molecule has 0 aliphatic heterocycles. The molecule has 0 aliphatic carbocycles. The summed E-state index contributed by atoms with van der Waals surface area (Å²) in [6, 6.07) is 0. The maximum atomic E-state index is 12.7. The maximum Gasteiger partial charge on any atom is 0.332 e. The van der Waals surface area contributed by atoms with Gasteiger partial charge >= 0.3 is 5.69 Å². The molecule has 0 fully saturated rings. The Labute approximate surface area is 145 Å². The van der Waals surface area contributed by atoms with Gasteiger partial charge in [0.25, 0.3) is 5.56 Å². The first-order valence-corrected chi connectivity index (χ1v) is 8.41. The molecule has 2 heterocycles. The third-order valence-electron chi connectivity index (χ3n) is 3.89. The van der Waals surface area contributed by atoms with Crippen LogP contribution in [-0.2, 0) is 36.2 Å². The molecule has 8 nitrogen and oxygen atoms in total. The van der Waals surface area contributed by atoms with Crippen molar-refractivity contribution in [2.45, 2.75) is 46.6 Å². The Bertz CT molecular complexity index is 898. The minimum atomic E-state index is -0.452. The van der Waals surface area contributed by atoms with Crippen molar-refractivity contribution in [1.82, 2.24) is 19.1 Å². The standard InChI is InChI=1S/C17H24N4O4/c1-6-12-13(7-2)19-15-14(18-12)16(22)21(17(23)20(15)5)10-9-11(4)25-24-8-3/h4,6-10H2,1-3,5H3. The van der Waals surface area contributed by atoms with Crippen LogP contribution >= 0.6 is 0 Å². The maximum absolute atomic E-state index is 12.7. The van der Waals surface area contributed by atoms with Gasteiger partial charge in [-0.3, -0.25) is 13.9 Å². The van der Waals surface area contributed by atoms with Crippen LogP contribution in [0, 0.1) is 0 Å². The molecule has 0 aromatic carbocycles. The fourth-order valence-corrected chi connectivity index (χ4v) is 2.54. The lowest BCUT2D eigenvalue weighted by Crippen LogP contribution is -2.40. The summed E-state index contributed by atoms with van der Waals surface area (Å²) in [6.45, 7) is 9.93. The van der Waals surface area contributed by atoms with Crippen molar-refractivity contribution in [2.24, 2.45) is 7.05 Å². The van der Waals surface area contributed by atoms with E-state index >= 15 is 0 Å². The van der Waals surface area contributed by atoms with Crippen molar-refractivity contribution in [2.75, 3.05) is 6.61 Å². The van der Waals surface area contributed by atoms with E-state index in [1.807, 2.05) is 13.8 Å². The Morgan fingerprint density at radius 2 is 1.76 bits per heavy atom. The molecule has 2 aromatic rings. The van der Waals surface area contributed by atoms with E-state index in [4.69, 9.17) is 9.78 Å². The molecule has 0 atom stereocenters. The summed E-state index contributed by atoms with van der Waals surface area (Å²) in [5, 5.41) is 0. The van der Waals surface area contributed by atoms with Gasteiger partial charge in [-0.05, 0) is 19.8 Å². The van der Waals surface area contributed by atoms with Gasteiger partial charge in [0.15, 0.2) is 11.2 Å². The van der Waals surface area contributed by atoms with Crippen LogP contribution in [-0.4, -0.2) is 25.7 Å². The first-order valence-electron chi connectivity index (χ1n) is 8.41. The van der Waals surface area contributed by atoms with Crippen LogP contribution in [0.25, 0.3) is 11.2 Å². The molecule has 0 N–H and O–H groups in total. The zero-order chi connectivity index (χ0) is 18.6. The van der Waals surface area contributed by atoms with E-state index in [0.29, 0.717) is 30.9 Å². The third-order valence-corrected chi connectivity index (χ3v) is 3.89. The highest BCUT2D eigenvalue weighted by Crippen LogP contribution is 2.10. The molecule has 0 bridgehead atoms. The van der Waals surface area contributed by atoms with Crippen molar-refractivity contribution < 1.29 is 9.78 Å². The smallest absolute Gasteiger partial charge is 0.332 e. The first kappa shape index (κ1) is 18.9. The van der Waals surface area contributed by atoms with Gasteiger partial charge in [-0.25, -0.2) is 14.8 Å². The number of allylic oxidation sites excluding steroid dienone is 1. The predicted octanol–water partition coefficient (Wildman–Crippen LogP) is 1.49. The van der Waals surface area contributed by atoms with Crippen molar-refractivity contribution in [3.63, 3.8) is 0 Å². The van der Waals surface area contributed by atoms with Gasteiger partial charge in [0.05, 0.1) is 18.0 Å². The summed E-state index contributed by atoms with van der Waals surface area (Å²) in [5.41, 5.74) is 1.20. The van der Waals surface area contributed by atoms with E-state index in [1.165, 1.54) is 4.57 Å². The summed E-state index contributed by atoms with van der Waals surface area (Å²) in [5.74, 6) is 0.345. The SMILES string of the molecule is C=C(CCn1c(=O)c2nc(CC)c(CC)nc2n(C)c1=O)OOCC. The van der Waals surface area contributed by atoms with Crippen LogP contribution in [0.4, 0.5) is 0 Å². The van der Waals surface area contributed by atoms with Crippen LogP contribution in [0.2, 0.25) is 0 Å². The number of hydrogen-bond donors (Lipinski definition) is 0. The van der Waals surface area contributed by atoms with E-state index in [9.17, 15) is 9.59 Å². The third kappa shape index (κ3) is 3.79. The topological polar surface area (TPSA) is 88.2 Å². The second kappa shape index (κ2) is 8.06. The second-order valence-corrected chi connectivity index (χ2v) is 5.57. The van der Waals surface area contributed by atoms with E-state index in [2.05, 4.69) is 16.5 Å². The van der Waals surface area contributed by atoms with E-state index in [1.54, 1.807) is 14.0 Å². The molecule has 0 spiro atoms. The van der Waals surface area contributed by atoms with Crippen molar-refractivity contribution >= 4 is 11.2 Å². The molecule has 0 saturated carbocycles. The average molecular weight is 348 g/mol. The summed E-state index contributed by atoms with van der Waals surface area (Å²) < 4.78 is 2.48. The molecule has 0 radical (unpaired) electrons. The van der Waals surface area contributed by atoms with E-state index < -0.39 is 11.2 Å². The van der Waals surface area contributed by atoms with E-state index in [-0.39, 0.29) is 18.5 Å². The number of aryl methyl sites for hydroxylation is 3. The quantitative estimate of drug-likeness (QED) is 0.408. The zero-order valence-electron chi connectivity index (χ0n) is 15.2. The lowest BCUT2D eigenvalue weighted by atomic mass is 10.2. The minimum Gasteiger partial charge on any atom is -0.343 e. The normalized spacial score (nSPS) is 11.0. The molecule has 136 valence electrons.